The van der Waals surface area contributed by atoms with Gasteiger partial charge in [0.15, 0.2) is 5.60 Å². The summed E-state index contributed by atoms with van der Waals surface area (Å²) in [5, 5.41) is 51.8. The summed E-state index contributed by atoms with van der Waals surface area (Å²) in [4.78, 5) is 30.8. The third kappa shape index (κ3) is 3.79. The van der Waals surface area contributed by atoms with Gasteiger partial charge in [-0.25, -0.2) is 9.78 Å². The van der Waals surface area contributed by atoms with Gasteiger partial charge in [0.25, 0.3) is 5.56 Å². The van der Waals surface area contributed by atoms with Gasteiger partial charge in [0, 0.05) is 16.5 Å². The zero-order chi connectivity index (χ0) is 28.5. The minimum absolute atomic E-state index is 0.0527. The Morgan fingerprint density at radius 2 is 1.88 bits per heavy atom. The van der Waals surface area contributed by atoms with Crippen LogP contribution in [0.5, 0.6) is 5.75 Å². The van der Waals surface area contributed by atoms with Crippen LogP contribution in [-0.2, 0) is 39.4 Å². The van der Waals surface area contributed by atoms with E-state index < -0.39 is 48.9 Å². The van der Waals surface area contributed by atoms with Gasteiger partial charge in [0.2, 0.25) is 6.29 Å². The van der Waals surface area contributed by atoms with Crippen LogP contribution in [0.25, 0.3) is 22.3 Å². The molecular weight excluding hydrogens is 524 g/mol. The number of hydrogen-bond acceptors (Lipinski definition) is 11. The molecule has 0 bridgehead atoms. The van der Waals surface area contributed by atoms with E-state index in [9.17, 15) is 35.1 Å². The Bertz CT molecular complexity index is 1580. The fourth-order valence-electron chi connectivity index (χ4n) is 5.92. The number of aromatic nitrogens is 2. The van der Waals surface area contributed by atoms with Crippen LogP contribution in [0.1, 0.15) is 42.5 Å². The topological polar surface area (TPSA) is 181 Å². The van der Waals surface area contributed by atoms with E-state index in [1.165, 1.54) is 0 Å². The molecule has 5 heterocycles. The molecule has 1 saturated heterocycles. The second-order valence-electron chi connectivity index (χ2n) is 10.4. The van der Waals surface area contributed by atoms with Gasteiger partial charge in [-0.2, -0.15) is 0 Å². The maximum atomic E-state index is 13.5. The van der Waals surface area contributed by atoms with Crippen molar-refractivity contribution in [3.63, 3.8) is 0 Å². The maximum absolute atomic E-state index is 13.5. The summed E-state index contributed by atoms with van der Waals surface area (Å²) >= 11 is 0. The van der Waals surface area contributed by atoms with Gasteiger partial charge in [-0.05, 0) is 42.7 Å². The standard InChI is InChI=1S/C28H30N2O10/c1-3-13-14-7-12(39-26-24(34)23(33)22(32)20(10-31)40-26)5-6-18(14)29-21-15(13)9-30-19(21)8-17-16(25(30)35)11-38-27(36)28(17,37)4-2/h5-8,20,22-24,26,31-34,37H,3-4,9-11H2,1-2H3/t20-,22-,23+,24-,26+,28+/m1/s1. The van der Waals surface area contributed by atoms with E-state index in [0.717, 1.165) is 16.5 Å². The van der Waals surface area contributed by atoms with Crippen molar-refractivity contribution in [1.82, 2.24) is 9.55 Å². The second kappa shape index (κ2) is 9.61. The Hall–Kier alpha value is -3.39. The Morgan fingerprint density at radius 1 is 1.10 bits per heavy atom. The van der Waals surface area contributed by atoms with Crippen molar-refractivity contribution in [1.29, 1.82) is 0 Å². The number of esters is 1. The van der Waals surface area contributed by atoms with Crippen LogP contribution in [0, 0.1) is 0 Å². The van der Waals surface area contributed by atoms with Crippen molar-refractivity contribution in [3.8, 4) is 17.1 Å². The summed E-state index contributed by atoms with van der Waals surface area (Å²) in [7, 11) is 0. The van der Waals surface area contributed by atoms with Crippen LogP contribution in [0.2, 0.25) is 0 Å². The molecule has 3 aliphatic rings. The Labute approximate surface area is 228 Å². The second-order valence-corrected chi connectivity index (χ2v) is 10.4. The number of aliphatic hydroxyl groups is 5. The molecule has 0 saturated carbocycles. The predicted octanol–water partition coefficient (Wildman–Crippen LogP) is -0.179. The zero-order valence-corrected chi connectivity index (χ0v) is 21.9. The number of pyridine rings is 2. The molecule has 0 aliphatic carbocycles. The van der Waals surface area contributed by atoms with Gasteiger partial charge in [0.05, 0.1) is 35.6 Å². The van der Waals surface area contributed by atoms with Gasteiger partial charge in [0.1, 0.15) is 36.8 Å². The van der Waals surface area contributed by atoms with E-state index in [1.807, 2.05) is 6.92 Å². The molecule has 1 fully saturated rings. The van der Waals surface area contributed by atoms with Crippen LogP contribution < -0.4 is 10.3 Å². The lowest BCUT2D eigenvalue weighted by atomic mass is 9.86. The zero-order valence-electron chi connectivity index (χ0n) is 21.9. The highest BCUT2D eigenvalue weighted by molar-refractivity contribution is 5.90. The molecule has 5 N–H and O–H groups in total. The summed E-state index contributed by atoms with van der Waals surface area (Å²) < 4.78 is 18.0. The van der Waals surface area contributed by atoms with E-state index in [2.05, 4.69) is 0 Å². The van der Waals surface area contributed by atoms with Gasteiger partial charge in [-0.3, -0.25) is 4.79 Å². The number of carbonyl (C=O) groups excluding carboxylic acids is 1. The van der Waals surface area contributed by atoms with E-state index in [4.69, 9.17) is 19.2 Å². The molecule has 12 nitrogen and oxygen atoms in total. The van der Waals surface area contributed by atoms with Crippen LogP contribution in [-0.4, -0.2) is 78.4 Å². The lowest BCUT2D eigenvalue weighted by Crippen LogP contribution is -2.60. The average Bonchev–Trinajstić information content (AvgIpc) is 3.32. The first-order chi connectivity index (χ1) is 19.1. The first kappa shape index (κ1) is 26.8. The van der Waals surface area contributed by atoms with Crippen molar-refractivity contribution in [2.45, 2.75) is 76.1 Å². The number of nitrogens with zero attached hydrogens (tertiary/aromatic N) is 2. The van der Waals surface area contributed by atoms with Crippen LogP contribution >= 0.6 is 0 Å². The average molecular weight is 555 g/mol. The van der Waals surface area contributed by atoms with Crippen molar-refractivity contribution in [2.24, 2.45) is 0 Å². The molecule has 3 aromatic rings. The molecule has 6 rings (SSSR count). The molecule has 2 aromatic heterocycles. The van der Waals surface area contributed by atoms with E-state index in [0.29, 0.717) is 29.1 Å². The Balaban J connectivity index is 1.42. The lowest BCUT2D eigenvalue weighted by molar-refractivity contribution is -0.277. The summed E-state index contributed by atoms with van der Waals surface area (Å²) in [5.74, 6) is -0.474. The number of fused-ring (bicyclic) bond motifs is 5. The third-order valence-electron chi connectivity index (χ3n) is 8.23. The fraction of sp³-hybridized carbons (Fsp3) is 0.464. The Kier molecular flexibility index (Phi) is 6.44. The molecule has 3 aliphatic heterocycles. The monoisotopic (exact) mass is 554 g/mol. The minimum Gasteiger partial charge on any atom is -0.462 e. The number of aliphatic hydroxyl groups excluding tert-OH is 4. The predicted molar refractivity (Wildman–Crippen MR) is 138 cm³/mol. The number of rotatable bonds is 5. The highest BCUT2D eigenvalue weighted by Crippen LogP contribution is 2.41. The number of ether oxygens (including phenoxy) is 3. The normalized spacial score (nSPS) is 29.1. The van der Waals surface area contributed by atoms with E-state index in [1.54, 1.807) is 35.8 Å². The molecule has 40 heavy (non-hydrogen) atoms. The third-order valence-corrected chi connectivity index (χ3v) is 8.23. The van der Waals surface area contributed by atoms with Gasteiger partial charge in [-0.1, -0.05) is 13.8 Å². The Morgan fingerprint density at radius 3 is 2.58 bits per heavy atom. The van der Waals surface area contributed by atoms with E-state index >= 15 is 0 Å². The van der Waals surface area contributed by atoms with Crippen molar-refractivity contribution >= 4 is 16.9 Å². The van der Waals surface area contributed by atoms with Crippen LogP contribution in [0.15, 0.2) is 29.1 Å². The quantitative estimate of drug-likeness (QED) is 0.207. The number of aryl methyl sites for hydroxylation is 1. The number of benzene rings is 1. The molecule has 6 atom stereocenters. The molecule has 212 valence electrons. The summed E-state index contributed by atoms with van der Waals surface area (Å²) in [6.07, 6.45) is -6.41. The SMILES string of the molecule is CCc1c2c(nc3ccc(O[C@H]4O[C@H](CO)[C@@H](O)[C@H](O)[C@H]4O)cc13)-c1cc3c(c(=O)n1C2)COC(=O)[C@]3(O)CC. The molecule has 0 unspecified atom stereocenters. The van der Waals surface area contributed by atoms with Gasteiger partial charge < -0.3 is 44.3 Å². The highest BCUT2D eigenvalue weighted by atomic mass is 16.7. The molecular formula is C28H30N2O10. The molecule has 12 heteroatoms. The first-order valence-corrected chi connectivity index (χ1v) is 13.2. The largest absolute Gasteiger partial charge is 0.462 e. The van der Waals surface area contributed by atoms with Gasteiger partial charge in [-0.15, -0.1) is 0 Å². The van der Waals surface area contributed by atoms with E-state index in [-0.39, 0.29) is 36.3 Å². The smallest absolute Gasteiger partial charge is 0.343 e. The number of carbonyl (C=O) groups is 1. The number of cyclic esters (lactones) is 1. The van der Waals surface area contributed by atoms with Crippen molar-refractivity contribution in [3.05, 3.63) is 56.9 Å². The summed E-state index contributed by atoms with van der Waals surface area (Å²) in [5.41, 5.74) is 1.69. The van der Waals surface area contributed by atoms with Crippen LogP contribution in [0.4, 0.5) is 0 Å². The molecule has 1 aromatic carbocycles. The van der Waals surface area contributed by atoms with Crippen LogP contribution in [0.3, 0.4) is 0 Å². The molecule has 0 spiro atoms. The first-order valence-electron chi connectivity index (χ1n) is 13.2. The van der Waals surface area contributed by atoms with Crippen molar-refractivity contribution < 1.29 is 44.5 Å². The van der Waals surface area contributed by atoms with Gasteiger partial charge >= 0.3 is 5.97 Å². The number of hydrogen-bond donors (Lipinski definition) is 5. The highest BCUT2D eigenvalue weighted by Gasteiger charge is 2.46. The molecule has 0 radical (unpaired) electrons. The fourth-order valence-corrected chi connectivity index (χ4v) is 5.92. The minimum atomic E-state index is -1.91. The molecule has 0 amide bonds. The summed E-state index contributed by atoms with van der Waals surface area (Å²) in [6.45, 7) is 3.09. The lowest BCUT2D eigenvalue weighted by Gasteiger charge is -2.39. The summed E-state index contributed by atoms with van der Waals surface area (Å²) in [6, 6.07) is 6.72. The van der Waals surface area contributed by atoms with Crippen molar-refractivity contribution in [2.75, 3.05) is 6.61 Å². The maximum Gasteiger partial charge on any atom is 0.343 e.